The molecule has 3 aliphatic rings. The summed E-state index contributed by atoms with van der Waals surface area (Å²) in [5, 5.41) is 9.37. The van der Waals surface area contributed by atoms with Crippen molar-refractivity contribution in [1.82, 2.24) is 14.8 Å². The Hall–Kier alpha value is -1.88. The Labute approximate surface area is 168 Å². The molecule has 28 heavy (non-hydrogen) atoms. The van der Waals surface area contributed by atoms with Gasteiger partial charge in [-0.15, -0.1) is 10.2 Å². The van der Waals surface area contributed by atoms with Crippen molar-refractivity contribution in [3.8, 4) is 0 Å². The van der Waals surface area contributed by atoms with E-state index in [1.54, 1.807) is 0 Å². The molecule has 0 spiro atoms. The van der Waals surface area contributed by atoms with Crippen LogP contribution in [-0.4, -0.2) is 40.6 Å². The van der Waals surface area contributed by atoms with Gasteiger partial charge in [-0.25, -0.2) is 0 Å². The Bertz CT molecular complexity index is 764. The molecule has 1 aliphatic carbocycles. The summed E-state index contributed by atoms with van der Waals surface area (Å²) in [6.45, 7) is 3.95. The third kappa shape index (κ3) is 3.95. The molecular formula is C23H32N4O. The number of rotatable bonds is 8. The van der Waals surface area contributed by atoms with E-state index in [4.69, 9.17) is 9.84 Å². The van der Waals surface area contributed by atoms with Crippen LogP contribution in [0, 0.1) is 5.92 Å². The van der Waals surface area contributed by atoms with Crippen LogP contribution in [0.15, 0.2) is 30.3 Å². The maximum Gasteiger partial charge on any atom is 0.227 e. The molecule has 5 rings (SSSR count). The zero-order valence-corrected chi connectivity index (χ0v) is 16.8. The molecule has 2 saturated heterocycles. The summed E-state index contributed by atoms with van der Waals surface area (Å²) >= 11 is 0. The summed E-state index contributed by atoms with van der Waals surface area (Å²) in [6.07, 6.45) is 9.94. The van der Waals surface area contributed by atoms with E-state index < -0.39 is 0 Å². The predicted octanol–water partition coefficient (Wildman–Crippen LogP) is 4.18. The van der Waals surface area contributed by atoms with Crippen LogP contribution in [0.1, 0.15) is 62.3 Å². The fourth-order valence-corrected chi connectivity index (χ4v) is 4.91. The van der Waals surface area contributed by atoms with Gasteiger partial charge in [0.1, 0.15) is 5.82 Å². The maximum atomic E-state index is 5.64. The number of ether oxygens (including phenoxy) is 1. The number of aromatic nitrogens is 3. The highest BCUT2D eigenvalue weighted by molar-refractivity contribution is 5.36. The van der Waals surface area contributed by atoms with E-state index in [1.165, 1.54) is 62.8 Å². The average molecular weight is 381 g/mol. The van der Waals surface area contributed by atoms with E-state index in [-0.39, 0.29) is 0 Å². The fourth-order valence-electron chi connectivity index (χ4n) is 4.91. The van der Waals surface area contributed by atoms with E-state index in [0.29, 0.717) is 17.9 Å². The topological polar surface area (TPSA) is 43.2 Å². The van der Waals surface area contributed by atoms with Gasteiger partial charge in [0.05, 0.1) is 6.61 Å². The van der Waals surface area contributed by atoms with Crippen LogP contribution in [0.2, 0.25) is 0 Å². The molecule has 150 valence electrons. The molecule has 5 nitrogen and oxygen atoms in total. The molecule has 0 amide bonds. The summed E-state index contributed by atoms with van der Waals surface area (Å²) in [7, 11) is 0. The van der Waals surface area contributed by atoms with Gasteiger partial charge in [-0.2, -0.15) is 0 Å². The Morgan fingerprint density at radius 1 is 1.04 bits per heavy atom. The minimum Gasteiger partial charge on any atom is -0.381 e. The molecular weight excluding hydrogens is 348 g/mol. The minimum absolute atomic E-state index is 0.610. The van der Waals surface area contributed by atoms with E-state index in [9.17, 15) is 0 Å². The first kappa shape index (κ1) is 18.2. The first-order valence-corrected chi connectivity index (χ1v) is 11.2. The third-order valence-corrected chi connectivity index (χ3v) is 6.65. The largest absolute Gasteiger partial charge is 0.381 e. The van der Waals surface area contributed by atoms with E-state index >= 15 is 0 Å². The van der Waals surface area contributed by atoms with E-state index in [2.05, 4.69) is 44.9 Å². The van der Waals surface area contributed by atoms with Crippen molar-refractivity contribution in [2.24, 2.45) is 5.92 Å². The molecule has 2 atom stereocenters. The smallest absolute Gasteiger partial charge is 0.227 e. The lowest BCUT2D eigenvalue weighted by Crippen LogP contribution is -2.32. The van der Waals surface area contributed by atoms with Crippen LogP contribution in [0.3, 0.4) is 0 Å². The van der Waals surface area contributed by atoms with Gasteiger partial charge in [0.15, 0.2) is 0 Å². The highest BCUT2D eigenvalue weighted by Crippen LogP contribution is 2.41. The van der Waals surface area contributed by atoms with Gasteiger partial charge in [0.2, 0.25) is 5.95 Å². The quantitative estimate of drug-likeness (QED) is 0.689. The number of nitrogens with zero attached hydrogens (tertiary/aromatic N) is 4. The molecule has 0 radical (unpaired) electrons. The van der Waals surface area contributed by atoms with Crippen LogP contribution in [0.5, 0.6) is 0 Å². The number of hydrogen-bond donors (Lipinski definition) is 0. The van der Waals surface area contributed by atoms with E-state index in [0.717, 1.165) is 32.3 Å². The van der Waals surface area contributed by atoms with Crippen molar-refractivity contribution in [1.29, 1.82) is 0 Å². The highest BCUT2D eigenvalue weighted by Gasteiger charge is 2.35. The van der Waals surface area contributed by atoms with Gasteiger partial charge in [-0.05, 0) is 56.9 Å². The molecule has 2 aliphatic heterocycles. The zero-order chi connectivity index (χ0) is 18.8. The lowest BCUT2D eigenvalue weighted by molar-refractivity contribution is 0.182. The molecule has 1 aromatic heterocycles. The van der Waals surface area contributed by atoms with Crippen LogP contribution < -0.4 is 4.90 Å². The molecule has 1 saturated carbocycles. The van der Waals surface area contributed by atoms with Gasteiger partial charge in [-0.3, -0.25) is 4.57 Å². The van der Waals surface area contributed by atoms with Crippen molar-refractivity contribution in [2.45, 2.75) is 69.9 Å². The second-order valence-electron chi connectivity index (χ2n) is 8.84. The zero-order valence-electron chi connectivity index (χ0n) is 16.8. The van der Waals surface area contributed by atoms with Crippen molar-refractivity contribution < 1.29 is 4.74 Å². The standard InChI is InChI=1S/C23H32N4O/c1-2-6-18(7-3-1)8-4-9-21-10-5-14-26(21)23-25-24-22(20-11-12-20)27(23)16-19-13-15-28-17-19/h1-3,6-7,19-21H,4-5,8-17H2. The van der Waals surface area contributed by atoms with Crippen LogP contribution in [0.4, 0.5) is 5.95 Å². The van der Waals surface area contributed by atoms with E-state index in [1.807, 2.05) is 0 Å². The Kier molecular flexibility index (Phi) is 5.34. The maximum absolute atomic E-state index is 5.64. The van der Waals surface area contributed by atoms with Crippen LogP contribution in [-0.2, 0) is 17.7 Å². The Morgan fingerprint density at radius 2 is 1.93 bits per heavy atom. The first-order valence-electron chi connectivity index (χ1n) is 11.2. The van der Waals surface area contributed by atoms with Crippen LogP contribution in [0.25, 0.3) is 0 Å². The van der Waals surface area contributed by atoms with Crippen molar-refractivity contribution in [2.75, 3.05) is 24.7 Å². The molecule has 1 aromatic carbocycles. The highest BCUT2D eigenvalue weighted by atomic mass is 16.5. The number of benzene rings is 1. The lowest BCUT2D eigenvalue weighted by Gasteiger charge is -2.27. The summed E-state index contributed by atoms with van der Waals surface area (Å²) in [6, 6.07) is 11.5. The second-order valence-corrected chi connectivity index (χ2v) is 8.84. The molecule has 2 unspecified atom stereocenters. The summed E-state index contributed by atoms with van der Waals surface area (Å²) < 4.78 is 8.10. The normalized spacial score (nSPS) is 24.9. The first-order chi connectivity index (χ1) is 13.9. The van der Waals surface area contributed by atoms with Gasteiger partial charge in [0.25, 0.3) is 0 Å². The molecule has 3 heterocycles. The lowest BCUT2D eigenvalue weighted by atomic mass is 10.0. The minimum atomic E-state index is 0.610. The molecule has 2 aromatic rings. The monoisotopic (exact) mass is 380 g/mol. The molecule has 3 fully saturated rings. The van der Waals surface area contributed by atoms with Crippen molar-refractivity contribution >= 4 is 5.95 Å². The Balaban J connectivity index is 1.28. The number of hydrogen-bond acceptors (Lipinski definition) is 4. The molecule has 5 heteroatoms. The SMILES string of the molecule is c1ccc(CCCC2CCCN2c2nnc(C3CC3)n2CC2CCOC2)cc1. The summed E-state index contributed by atoms with van der Waals surface area (Å²) in [5.74, 6) is 3.63. The predicted molar refractivity (Wildman–Crippen MR) is 111 cm³/mol. The second kappa shape index (κ2) is 8.24. The summed E-state index contributed by atoms with van der Waals surface area (Å²) in [4.78, 5) is 2.57. The van der Waals surface area contributed by atoms with Crippen molar-refractivity contribution in [3.63, 3.8) is 0 Å². The van der Waals surface area contributed by atoms with Crippen LogP contribution >= 0.6 is 0 Å². The number of aryl methyl sites for hydroxylation is 1. The average Bonchev–Trinajstić information content (AvgIpc) is 3.10. The van der Waals surface area contributed by atoms with Gasteiger partial charge < -0.3 is 9.64 Å². The van der Waals surface area contributed by atoms with Gasteiger partial charge in [0, 0.05) is 37.6 Å². The molecule has 0 N–H and O–H groups in total. The summed E-state index contributed by atoms with van der Waals surface area (Å²) in [5.41, 5.74) is 1.45. The van der Waals surface area contributed by atoms with Gasteiger partial charge >= 0.3 is 0 Å². The fraction of sp³-hybridized carbons (Fsp3) is 0.652. The third-order valence-electron chi connectivity index (χ3n) is 6.65. The molecule has 0 bridgehead atoms. The van der Waals surface area contributed by atoms with Crippen molar-refractivity contribution in [3.05, 3.63) is 41.7 Å². The van der Waals surface area contributed by atoms with Gasteiger partial charge in [-0.1, -0.05) is 30.3 Å². The Morgan fingerprint density at radius 3 is 2.71 bits per heavy atom. The number of anilines is 1.